The molecule has 3 aromatic carbocycles. The zero-order valence-corrected chi connectivity index (χ0v) is 25.6. The van der Waals surface area contributed by atoms with Gasteiger partial charge in [-0.15, -0.1) is 11.3 Å². The van der Waals surface area contributed by atoms with E-state index >= 15 is 0 Å². The van der Waals surface area contributed by atoms with Crippen molar-refractivity contribution in [3.63, 3.8) is 0 Å². The van der Waals surface area contributed by atoms with Gasteiger partial charge in [0.05, 0.1) is 17.5 Å². The van der Waals surface area contributed by atoms with Crippen LogP contribution in [0.4, 0.5) is 0 Å². The van der Waals surface area contributed by atoms with E-state index in [2.05, 4.69) is 56.5 Å². The van der Waals surface area contributed by atoms with Crippen LogP contribution < -0.4 is 0 Å². The second kappa shape index (κ2) is 11.1. The highest BCUT2D eigenvalue weighted by molar-refractivity contribution is 7.89. The summed E-state index contributed by atoms with van der Waals surface area (Å²) in [6.45, 7) is 10.8. The topological polar surface area (TPSA) is 57.7 Å². The van der Waals surface area contributed by atoms with E-state index in [1.807, 2.05) is 49.1 Å². The van der Waals surface area contributed by atoms with Crippen molar-refractivity contribution >= 4 is 38.0 Å². The molecule has 2 atom stereocenters. The molecule has 2 heterocycles. The predicted molar refractivity (Wildman–Crippen MR) is 164 cm³/mol. The van der Waals surface area contributed by atoms with E-state index in [1.54, 1.807) is 23.5 Å². The van der Waals surface area contributed by atoms with Crippen LogP contribution in [0.5, 0.6) is 0 Å². The zero-order valence-electron chi connectivity index (χ0n) is 23.9. The summed E-state index contributed by atoms with van der Waals surface area (Å²) in [7, 11) is -3.94. The molecule has 0 aliphatic carbocycles. The van der Waals surface area contributed by atoms with Crippen LogP contribution in [-0.4, -0.2) is 42.7 Å². The third-order valence-corrected chi connectivity index (χ3v) is 11.1. The Hall–Kier alpha value is -3.00. The molecule has 0 spiro atoms. The van der Waals surface area contributed by atoms with Crippen molar-refractivity contribution in [1.29, 1.82) is 0 Å². The first-order valence-corrected chi connectivity index (χ1v) is 16.3. The number of nitrogens with zero attached hydrogens (tertiary/aromatic N) is 2. The quantitative estimate of drug-likeness (QED) is 0.235. The molecule has 4 aromatic rings. The summed E-state index contributed by atoms with van der Waals surface area (Å²) in [4.78, 5) is 17.5. The molecule has 7 heteroatoms. The molecule has 5 rings (SSSR count). The van der Waals surface area contributed by atoms with Gasteiger partial charge in [-0.1, -0.05) is 88.4 Å². The van der Waals surface area contributed by atoms with Crippen LogP contribution >= 0.6 is 11.3 Å². The summed E-state index contributed by atoms with van der Waals surface area (Å²) < 4.78 is 29.7. The molecule has 5 nitrogen and oxygen atoms in total. The smallest absolute Gasteiger partial charge is 0.244 e. The molecular formula is C33H38N2O3S2. The minimum atomic E-state index is -3.94. The lowest BCUT2D eigenvalue weighted by atomic mass is 9.85. The van der Waals surface area contributed by atoms with Gasteiger partial charge in [-0.3, -0.25) is 4.79 Å². The van der Waals surface area contributed by atoms with E-state index in [4.69, 9.17) is 0 Å². The zero-order chi connectivity index (χ0) is 28.7. The summed E-state index contributed by atoms with van der Waals surface area (Å²) >= 11 is 1.73. The van der Waals surface area contributed by atoms with Crippen LogP contribution in [0.25, 0.3) is 10.8 Å². The highest BCUT2D eigenvalue weighted by atomic mass is 32.2. The number of thiophene rings is 1. The van der Waals surface area contributed by atoms with Gasteiger partial charge in [-0.2, -0.15) is 4.31 Å². The van der Waals surface area contributed by atoms with Gasteiger partial charge < -0.3 is 4.90 Å². The van der Waals surface area contributed by atoms with Gasteiger partial charge in [-0.25, -0.2) is 8.42 Å². The highest BCUT2D eigenvalue weighted by Gasteiger charge is 2.37. The normalized spacial score (nSPS) is 16.8. The number of benzene rings is 3. The fourth-order valence-corrected chi connectivity index (χ4v) is 8.34. The van der Waals surface area contributed by atoms with Crippen molar-refractivity contribution < 1.29 is 13.2 Å². The Bertz CT molecular complexity index is 1610. The van der Waals surface area contributed by atoms with Crippen molar-refractivity contribution in [3.05, 3.63) is 99.7 Å². The first kappa shape index (κ1) is 28.5. The molecular weight excluding hydrogens is 537 g/mol. The summed E-state index contributed by atoms with van der Waals surface area (Å²) in [5.41, 5.74) is 3.45. The molecule has 0 bridgehead atoms. The molecule has 0 radical (unpaired) electrons. The lowest BCUT2D eigenvalue weighted by Crippen LogP contribution is -2.49. The molecule has 0 fully saturated rings. The Morgan fingerprint density at radius 2 is 1.73 bits per heavy atom. The van der Waals surface area contributed by atoms with Crippen molar-refractivity contribution in [2.75, 3.05) is 13.1 Å². The Morgan fingerprint density at radius 3 is 2.42 bits per heavy atom. The van der Waals surface area contributed by atoms with Crippen LogP contribution in [0.1, 0.15) is 68.6 Å². The number of amides is 1. The molecule has 40 heavy (non-hydrogen) atoms. The Labute approximate surface area is 242 Å². The van der Waals surface area contributed by atoms with E-state index < -0.39 is 10.0 Å². The number of rotatable bonds is 7. The van der Waals surface area contributed by atoms with E-state index in [9.17, 15) is 13.2 Å². The standard InChI is InChI=1S/C33H38N2O3S2/c1-6-23(2)35(40(37,38)30-13-9-11-24-10-7-8-12-27(24)30)22-31(36)34-20-18-29-28(19-21-39-29)32(34)25-14-16-26(17-15-25)33(3,4)5/h7-17,19,21,23,32H,6,18,20,22H2,1-5H3/t23-,32+/m1/s1. The third kappa shape index (κ3) is 5.35. The van der Waals surface area contributed by atoms with Gasteiger partial charge >= 0.3 is 0 Å². The largest absolute Gasteiger partial charge is 0.330 e. The van der Waals surface area contributed by atoms with Crippen molar-refractivity contribution in [2.45, 2.75) is 69.9 Å². The van der Waals surface area contributed by atoms with Crippen LogP contribution in [0.2, 0.25) is 0 Å². The third-order valence-electron chi connectivity index (χ3n) is 8.09. The van der Waals surface area contributed by atoms with Crippen LogP contribution in [0.15, 0.2) is 83.1 Å². The van der Waals surface area contributed by atoms with Crippen LogP contribution in [0, 0.1) is 0 Å². The number of carbonyl (C=O) groups excluding carboxylic acids is 1. The number of carbonyl (C=O) groups is 1. The molecule has 0 saturated heterocycles. The monoisotopic (exact) mass is 574 g/mol. The van der Waals surface area contributed by atoms with E-state index in [1.165, 1.54) is 14.7 Å². The Kier molecular flexibility index (Phi) is 7.92. The SMILES string of the molecule is CC[C@@H](C)N(CC(=O)N1CCc2sccc2[C@@H]1c1ccc(C(C)(C)C)cc1)S(=O)(=O)c1cccc2ccccc12. The average molecular weight is 575 g/mol. The number of hydrogen-bond acceptors (Lipinski definition) is 4. The maximum Gasteiger partial charge on any atom is 0.244 e. The summed E-state index contributed by atoms with van der Waals surface area (Å²) in [5, 5.41) is 3.62. The van der Waals surface area contributed by atoms with Crippen LogP contribution in [0.3, 0.4) is 0 Å². The summed E-state index contributed by atoms with van der Waals surface area (Å²) in [5.74, 6) is -0.175. The van der Waals surface area contributed by atoms with Gasteiger partial charge in [0.1, 0.15) is 0 Å². The van der Waals surface area contributed by atoms with E-state index in [-0.39, 0.29) is 34.8 Å². The van der Waals surface area contributed by atoms with Crippen molar-refractivity contribution in [2.24, 2.45) is 0 Å². The number of sulfonamides is 1. The second-order valence-corrected chi connectivity index (χ2v) is 14.6. The van der Waals surface area contributed by atoms with Crippen molar-refractivity contribution in [1.82, 2.24) is 9.21 Å². The molecule has 1 aliphatic rings. The summed E-state index contributed by atoms with van der Waals surface area (Å²) in [6.07, 6.45) is 1.37. The molecule has 0 N–H and O–H groups in total. The highest BCUT2D eigenvalue weighted by Crippen LogP contribution is 2.39. The maximum absolute atomic E-state index is 14.2. The molecule has 1 aliphatic heterocycles. The van der Waals surface area contributed by atoms with Gasteiger partial charge in [0, 0.05) is 22.8 Å². The van der Waals surface area contributed by atoms with E-state index in [0.717, 1.165) is 22.9 Å². The lowest BCUT2D eigenvalue weighted by Gasteiger charge is -2.38. The first-order chi connectivity index (χ1) is 19.0. The number of fused-ring (bicyclic) bond motifs is 2. The van der Waals surface area contributed by atoms with Gasteiger partial charge in [0.25, 0.3) is 0 Å². The van der Waals surface area contributed by atoms with E-state index in [0.29, 0.717) is 18.4 Å². The molecule has 0 saturated carbocycles. The number of hydrogen-bond donors (Lipinski definition) is 0. The molecule has 210 valence electrons. The Morgan fingerprint density at radius 1 is 1.02 bits per heavy atom. The molecule has 0 unspecified atom stereocenters. The van der Waals surface area contributed by atoms with Crippen molar-refractivity contribution in [3.8, 4) is 0 Å². The predicted octanol–water partition coefficient (Wildman–Crippen LogP) is 7.16. The van der Waals surface area contributed by atoms with Crippen LogP contribution in [-0.2, 0) is 26.7 Å². The summed E-state index contributed by atoms with van der Waals surface area (Å²) in [6, 6.07) is 22.9. The second-order valence-electron chi connectivity index (χ2n) is 11.7. The fraction of sp³-hybridized carbons (Fsp3) is 0.364. The minimum absolute atomic E-state index is 0.0287. The van der Waals surface area contributed by atoms with Gasteiger partial charge in [-0.05, 0) is 64.8 Å². The lowest BCUT2D eigenvalue weighted by molar-refractivity contribution is -0.133. The average Bonchev–Trinajstić information content (AvgIpc) is 3.43. The fourth-order valence-electron chi connectivity index (χ4n) is 5.56. The minimum Gasteiger partial charge on any atom is -0.330 e. The molecule has 1 amide bonds. The first-order valence-electron chi connectivity index (χ1n) is 14.0. The maximum atomic E-state index is 14.2. The Balaban J connectivity index is 1.51. The van der Waals surface area contributed by atoms with Gasteiger partial charge in [0.2, 0.25) is 15.9 Å². The van der Waals surface area contributed by atoms with Gasteiger partial charge in [0.15, 0.2) is 0 Å². The molecule has 1 aromatic heterocycles.